The zero-order valence-corrected chi connectivity index (χ0v) is 13.5. The van der Waals surface area contributed by atoms with Crippen LogP contribution in [0.5, 0.6) is 0 Å². The van der Waals surface area contributed by atoms with Crippen LogP contribution >= 0.6 is 31.9 Å². The Kier molecular flexibility index (Phi) is 4.59. The van der Waals surface area contributed by atoms with Gasteiger partial charge in [-0.05, 0) is 62.2 Å². The number of para-hydroxylation sites is 1. The fourth-order valence-corrected chi connectivity index (χ4v) is 2.92. The number of hydrogen-bond acceptors (Lipinski definition) is 2. The number of anilines is 2. The molecule has 0 saturated carbocycles. The topological polar surface area (TPSA) is 35.8 Å². The highest BCUT2D eigenvalue weighted by molar-refractivity contribution is 9.11. The standard InChI is InChI=1S/C14H7Br2F3N2/c15-11-2-1-3-12(16)13(11)21-9-4-5-10(14(17,18)19)8(6-9)7-20/h1-6,21H. The minimum atomic E-state index is -4.54. The van der Waals surface area contributed by atoms with Gasteiger partial charge in [0.05, 0.1) is 22.9 Å². The van der Waals surface area contributed by atoms with Crippen molar-refractivity contribution < 1.29 is 13.2 Å². The third kappa shape index (κ3) is 3.57. The van der Waals surface area contributed by atoms with Crippen molar-refractivity contribution in [2.75, 3.05) is 5.32 Å². The van der Waals surface area contributed by atoms with E-state index < -0.39 is 17.3 Å². The van der Waals surface area contributed by atoms with Crippen molar-refractivity contribution >= 4 is 43.2 Å². The minimum Gasteiger partial charge on any atom is -0.354 e. The second kappa shape index (κ2) is 6.08. The third-order valence-electron chi connectivity index (χ3n) is 2.68. The normalized spacial score (nSPS) is 11.0. The van der Waals surface area contributed by atoms with E-state index in [1.807, 2.05) is 6.07 Å². The van der Waals surface area contributed by atoms with Gasteiger partial charge >= 0.3 is 6.18 Å². The number of halogens is 5. The predicted molar refractivity (Wildman–Crippen MR) is 81.3 cm³/mol. The van der Waals surface area contributed by atoms with Crippen LogP contribution < -0.4 is 5.32 Å². The number of alkyl halides is 3. The number of hydrogen-bond donors (Lipinski definition) is 1. The minimum absolute atomic E-state index is 0.396. The van der Waals surface area contributed by atoms with Crippen molar-refractivity contribution in [1.29, 1.82) is 5.26 Å². The first kappa shape index (κ1) is 15.9. The maximum Gasteiger partial charge on any atom is 0.417 e. The molecule has 0 heterocycles. The molecule has 0 radical (unpaired) electrons. The second-order valence-corrected chi connectivity index (χ2v) is 5.80. The van der Waals surface area contributed by atoms with Crippen LogP contribution in [0.3, 0.4) is 0 Å². The largest absolute Gasteiger partial charge is 0.417 e. The Balaban J connectivity index is 2.42. The molecule has 0 aliphatic heterocycles. The monoisotopic (exact) mass is 418 g/mol. The summed E-state index contributed by atoms with van der Waals surface area (Å²) in [5, 5.41) is 11.9. The molecule has 7 heteroatoms. The van der Waals surface area contributed by atoms with E-state index in [-0.39, 0.29) is 0 Å². The molecule has 21 heavy (non-hydrogen) atoms. The van der Waals surface area contributed by atoms with E-state index in [0.29, 0.717) is 11.4 Å². The Bertz CT molecular complexity index is 701. The van der Waals surface area contributed by atoms with Crippen LogP contribution in [-0.4, -0.2) is 0 Å². The molecule has 0 bridgehead atoms. The third-order valence-corrected chi connectivity index (χ3v) is 4.00. The molecule has 2 aromatic carbocycles. The molecule has 0 fully saturated rings. The van der Waals surface area contributed by atoms with Gasteiger partial charge in [-0.15, -0.1) is 0 Å². The summed E-state index contributed by atoms with van der Waals surface area (Å²) in [6, 6.07) is 10.3. The Labute approximate surface area is 135 Å². The van der Waals surface area contributed by atoms with Crippen molar-refractivity contribution in [2.45, 2.75) is 6.18 Å². The van der Waals surface area contributed by atoms with Crippen LogP contribution in [0.2, 0.25) is 0 Å². The van der Waals surface area contributed by atoms with Gasteiger partial charge in [0.1, 0.15) is 0 Å². The first-order chi connectivity index (χ1) is 9.82. The molecule has 0 unspecified atom stereocenters. The summed E-state index contributed by atoms with van der Waals surface area (Å²) < 4.78 is 39.7. The van der Waals surface area contributed by atoms with Crippen molar-refractivity contribution in [3.8, 4) is 6.07 Å². The SMILES string of the molecule is N#Cc1cc(Nc2c(Br)cccc2Br)ccc1C(F)(F)F. The van der Waals surface area contributed by atoms with E-state index in [0.717, 1.165) is 15.0 Å². The second-order valence-electron chi connectivity index (χ2n) is 4.09. The number of nitriles is 1. The van der Waals surface area contributed by atoms with Crippen LogP contribution in [0, 0.1) is 11.3 Å². The lowest BCUT2D eigenvalue weighted by Crippen LogP contribution is -2.08. The molecule has 1 N–H and O–H groups in total. The van der Waals surface area contributed by atoms with Crippen molar-refractivity contribution in [2.24, 2.45) is 0 Å². The van der Waals surface area contributed by atoms with E-state index in [1.54, 1.807) is 18.2 Å². The number of benzene rings is 2. The average Bonchev–Trinajstić information content (AvgIpc) is 2.41. The van der Waals surface area contributed by atoms with Crippen LogP contribution in [0.1, 0.15) is 11.1 Å². The molecule has 0 aliphatic carbocycles. The van der Waals surface area contributed by atoms with E-state index in [4.69, 9.17) is 5.26 Å². The van der Waals surface area contributed by atoms with Crippen LogP contribution in [0.25, 0.3) is 0 Å². The Morgan fingerprint density at radius 1 is 1.05 bits per heavy atom. The van der Waals surface area contributed by atoms with Crippen LogP contribution in [-0.2, 0) is 6.18 Å². The van der Waals surface area contributed by atoms with E-state index in [2.05, 4.69) is 37.2 Å². The summed E-state index contributed by atoms with van der Waals surface area (Å²) in [6.45, 7) is 0. The summed E-state index contributed by atoms with van der Waals surface area (Å²) in [7, 11) is 0. The molecule has 0 aliphatic rings. The maximum atomic E-state index is 12.7. The summed E-state index contributed by atoms with van der Waals surface area (Å²) in [6.07, 6.45) is -4.54. The molecule has 2 rings (SSSR count). The van der Waals surface area contributed by atoms with Crippen LogP contribution in [0.15, 0.2) is 45.3 Å². The van der Waals surface area contributed by atoms with Crippen LogP contribution in [0.4, 0.5) is 24.5 Å². The zero-order valence-electron chi connectivity index (χ0n) is 10.3. The van der Waals surface area contributed by atoms with Crippen molar-refractivity contribution in [3.05, 3.63) is 56.5 Å². The molecule has 108 valence electrons. The number of nitrogens with one attached hydrogen (secondary N) is 1. The van der Waals surface area contributed by atoms with Crippen molar-refractivity contribution in [1.82, 2.24) is 0 Å². The Hall–Kier alpha value is -1.52. The molecular weight excluding hydrogens is 413 g/mol. The predicted octanol–water partition coefficient (Wildman–Crippen LogP) is 5.85. The lowest BCUT2D eigenvalue weighted by Gasteiger charge is -2.13. The molecule has 0 amide bonds. The highest BCUT2D eigenvalue weighted by Gasteiger charge is 2.33. The lowest BCUT2D eigenvalue weighted by molar-refractivity contribution is -0.137. The summed E-state index contributed by atoms with van der Waals surface area (Å²) >= 11 is 6.70. The van der Waals surface area contributed by atoms with Crippen molar-refractivity contribution in [3.63, 3.8) is 0 Å². The van der Waals surface area contributed by atoms with Gasteiger partial charge in [-0.3, -0.25) is 0 Å². The van der Waals surface area contributed by atoms with Gasteiger partial charge in [-0.1, -0.05) is 6.07 Å². The van der Waals surface area contributed by atoms with Gasteiger partial charge < -0.3 is 5.32 Å². The molecule has 2 aromatic rings. The van der Waals surface area contributed by atoms with E-state index in [9.17, 15) is 13.2 Å². The highest BCUT2D eigenvalue weighted by Crippen LogP contribution is 2.36. The lowest BCUT2D eigenvalue weighted by atomic mass is 10.1. The molecule has 2 nitrogen and oxygen atoms in total. The van der Waals surface area contributed by atoms with Gasteiger partial charge in [0.15, 0.2) is 0 Å². The van der Waals surface area contributed by atoms with Gasteiger partial charge in [-0.25, -0.2) is 0 Å². The summed E-state index contributed by atoms with van der Waals surface area (Å²) in [5.41, 5.74) is -0.300. The zero-order chi connectivity index (χ0) is 15.6. The molecular formula is C14H7Br2F3N2. The number of nitrogens with zero attached hydrogens (tertiary/aromatic N) is 1. The fourth-order valence-electron chi connectivity index (χ4n) is 1.72. The quantitative estimate of drug-likeness (QED) is 0.663. The average molecular weight is 420 g/mol. The Morgan fingerprint density at radius 2 is 1.67 bits per heavy atom. The summed E-state index contributed by atoms with van der Waals surface area (Å²) in [5.74, 6) is 0. The smallest absolute Gasteiger partial charge is 0.354 e. The molecule has 0 spiro atoms. The van der Waals surface area contributed by atoms with E-state index in [1.165, 1.54) is 12.1 Å². The first-order valence-corrected chi connectivity index (χ1v) is 7.24. The number of rotatable bonds is 2. The molecule has 0 saturated heterocycles. The van der Waals surface area contributed by atoms with Gasteiger partial charge in [0.2, 0.25) is 0 Å². The van der Waals surface area contributed by atoms with Gasteiger partial charge in [0.25, 0.3) is 0 Å². The fraction of sp³-hybridized carbons (Fsp3) is 0.0714. The van der Waals surface area contributed by atoms with E-state index >= 15 is 0 Å². The molecule has 0 aromatic heterocycles. The van der Waals surface area contributed by atoms with Gasteiger partial charge in [-0.2, -0.15) is 18.4 Å². The maximum absolute atomic E-state index is 12.7. The Morgan fingerprint density at radius 3 is 2.19 bits per heavy atom. The van der Waals surface area contributed by atoms with Gasteiger partial charge in [0, 0.05) is 14.6 Å². The summed E-state index contributed by atoms with van der Waals surface area (Å²) in [4.78, 5) is 0. The highest BCUT2D eigenvalue weighted by atomic mass is 79.9. The molecule has 0 atom stereocenters. The first-order valence-electron chi connectivity index (χ1n) is 5.65.